The van der Waals surface area contributed by atoms with Gasteiger partial charge in [0.25, 0.3) is 0 Å². The van der Waals surface area contributed by atoms with Crippen molar-refractivity contribution in [3.8, 4) is 0 Å². The normalized spacial score (nSPS) is 22.9. The number of likely N-dealkylation sites (N-methyl/N-ethyl adjacent to an activating group) is 1. The van der Waals surface area contributed by atoms with Gasteiger partial charge in [0.15, 0.2) is 0 Å². The molecule has 1 saturated heterocycles. The van der Waals surface area contributed by atoms with E-state index in [9.17, 15) is 9.90 Å². The molecule has 0 bridgehead atoms. The number of likely N-dealkylation sites (tertiary alicyclic amines) is 1. The first kappa shape index (κ1) is 16.5. The Morgan fingerprint density at radius 1 is 1.43 bits per heavy atom. The molecule has 1 aromatic carbocycles. The Kier molecular flexibility index (Phi) is 5.46. The molecule has 21 heavy (non-hydrogen) atoms. The SMILES string of the molecule is CN(CC(=O)O)[C@@H]1CN(Cc2cc(Cl)ccc2Cl)C[C@H]1O. The summed E-state index contributed by atoms with van der Waals surface area (Å²) in [7, 11) is 1.71. The van der Waals surface area contributed by atoms with E-state index in [0.717, 1.165) is 5.56 Å². The molecular weight excluding hydrogens is 315 g/mol. The first-order chi connectivity index (χ1) is 9.86. The number of carbonyl (C=O) groups is 1. The molecule has 0 aliphatic carbocycles. The number of nitrogens with zero attached hydrogens (tertiary/aromatic N) is 2. The van der Waals surface area contributed by atoms with Crippen LogP contribution in [-0.4, -0.2) is 64.8 Å². The van der Waals surface area contributed by atoms with E-state index in [1.54, 1.807) is 24.1 Å². The summed E-state index contributed by atoms with van der Waals surface area (Å²) in [4.78, 5) is 14.5. The molecule has 2 atom stereocenters. The van der Waals surface area contributed by atoms with Gasteiger partial charge >= 0.3 is 5.97 Å². The summed E-state index contributed by atoms with van der Waals surface area (Å²) in [6.45, 7) is 1.56. The second-order valence-corrected chi connectivity index (χ2v) is 6.22. The summed E-state index contributed by atoms with van der Waals surface area (Å²) in [5.74, 6) is -0.902. The van der Waals surface area contributed by atoms with Crippen molar-refractivity contribution in [2.45, 2.75) is 18.7 Å². The van der Waals surface area contributed by atoms with Crippen LogP contribution in [0.15, 0.2) is 18.2 Å². The Morgan fingerprint density at radius 2 is 2.14 bits per heavy atom. The number of carboxylic acid groups (broad SMARTS) is 1. The highest BCUT2D eigenvalue weighted by Crippen LogP contribution is 2.24. The van der Waals surface area contributed by atoms with Gasteiger partial charge < -0.3 is 10.2 Å². The molecule has 0 unspecified atom stereocenters. The zero-order chi connectivity index (χ0) is 15.6. The Hall–Kier alpha value is -0.850. The Morgan fingerprint density at radius 3 is 2.81 bits per heavy atom. The van der Waals surface area contributed by atoms with Crippen molar-refractivity contribution in [2.75, 3.05) is 26.7 Å². The summed E-state index contributed by atoms with van der Waals surface area (Å²) in [5, 5.41) is 20.2. The van der Waals surface area contributed by atoms with E-state index in [4.69, 9.17) is 28.3 Å². The molecule has 1 aromatic rings. The highest BCUT2D eigenvalue weighted by Gasteiger charge is 2.34. The Labute approximate surface area is 133 Å². The average molecular weight is 333 g/mol. The molecule has 7 heteroatoms. The van der Waals surface area contributed by atoms with Gasteiger partial charge in [-0.15, -0.1) is 0 Å². The lowest BCUT2D eigenvalue weighted by Crippen LogP contribution is -2.43. The number of rotatable bonds is 5. The minimum atomic E-state index is -0.902. The van der Waals surface area contributed by atoms with Crippen molar-refractivity contribution >= 4 is 29.2 Å². The molecule has 5 nitrogen and oxygen atoms in total. The monoisotopic (exact) mass is 332 g/mol. The summed E-state index contributed by atoms with van der Waals surface area (Å²) >= 11 is 12.1. The predicted octanol–water partition coefficient (Wildman–Crippen LogP) is 1.55. The van der Waals surface area contributed by atoms with Gasteiger partial charge in [-0.2, -0.15) is 0 Å². The number of aliphatic hydroxyl groups is 1. The van der Waals surface area contributed by atoms with E-state index < -0.39 is 12.1 Å². The van der Waals surface area contributed by atoms with Crippen LogP contribution in [0.5, 0.6) is 0 Å². The van der Waals surface area contributed by atoms with Crippen LogP contribution in [0.25, 0.3) is 0 Å². The molecular formula is C14H18Cl2N2O3. The van der Waals surface area contributed by atoms with E-state index in [0.29, 0.717) is 29.7 Å². The van der Waals surface area contributed by atoms with Crippen molar-refractivity contribution in [1.29, 1.82) is 0 Å². The van der Waals surface area contributed by atoms with Crippen LogP contribution in [0.2, 0.25) is 10.0 Å². The lowest BCUT2D eigenvalue weighted by molar-refractivity contribution is -0.138. The minimum Gasteiger partial charge on any atom is -0.480 e. The number of halogens is 2. The third kappa shape index (κ3) is 4.31. The summed E-state index contributed by atoms with van der Waals surface area (Å²) in [5.41, 5.74) is 0.901. The first-order valence-electron chi connectivity index (χ1n) is 6.63. The van der Waals surface area contributed by atoms with E-state index in [1.807, 2.05) is 11.0 Å². The lowest BCUT2D eigenvalue weighted by Gasteiger charge is -2.24. The number of aliphatic hydroxyl groups excluding tert-OH is 1. The molecule has 2 rings (SSSR count). The van der Waals surface area contributed by atoms with E-state index >= 15 is 0 Å². The smallest absolute Gasteiger partial charge is 0.317 e. The maximum Gasteiger partial charge on any atom is 0.317 e. The molecule has 1 aliphatic heterocycles. The van der Waals surface area contributed by atoms with Gasteiger partial charge in [-0.05, 0) is 30.8 Å². The Bertz CT molecular complexity index is 527. The van der Waals surface area contributed by atoms with Gasteiger partial charge in [0.2, 0.25) is 0 Å². The average Bonchev–Trinajstić information content (AvgIpc) is 2.74. The van der Waals surface area contributed by atoms with Gasteiger partial charge in [0, 0.05) is 35.7 Å². The van der Waals surface area contributed by atoms with Crippen molar-refractivity contribution in [1.82, 2.24) is 9.80 Å². The van der Waals surface area contributed by atoms with Crippen molar-refractivity contribution in [2.24, 2.45) is 0 Å². The minimum absolute atomic E-state index is 0.0898. The van der Waals surface area contributed by atoms with Crippen molar-refractivity contribution in [3.63, 3.8) is 0 Å². The topological polar surface area (TPSA) is 64.0 Å². The third-order valence-corrected chi connectivity index (χ3v) is 4.29. The van der Waals surface area contributed by atoms with Crippen LogP contribution in [0.3, 0.4) is 0 Å². The molecule has 0 radical (unpaired) electrons. The van der Waals surface area contributed by atoms with Crippen LogP contribution < -0.4 is 0 Å². The van der Waals surface area contributed by atoms with Gasteiger partial charge in [-0.25, -0.2) is 0 Å². The maximum absolute atomic E-state index is 10.8. The molecule has 116 valence electrons. The second kappa shape index (κ2) is 6.94. The summed E-state index contributed by atoms with van der Waals surface area (Å²) < 4.78 is 0. The van der Waals surface area contributed by atoms with Gasteiger partial charge in [0.05, 0.1) is 12.6 Å². The molecule has 1 heterocycles. The summed E-state index contributed by atoms with van der Waals surface area (Å²) in [6.07, 6.45) is -0.577. The van der Waals surface area contributed by atoms with E-state index in [2.05, 4.69) is 0 Å². The first-order valence-corrected chi connectivity index (χ1v) is 7.39. The highest BCUT2D eigenvalue weighted by molar-refractivity contribution is 6.33. The molecule has 1 aliphatic rings. The second-order valence-electron chi connectivity index (χ2n) is 5.37. The van der Waals surface area contributed by atoms with E-state index in [1.165, 1.54) is 0 Å². The fraction of sp³-hybridized carbons (Fsp3) is 0.500. The number of benzene rings is 1. The standard InChI is InChI=1S/C14H18Cl2N2O3/c1-17(8-14(20)21)12-6-18(7-13(12)19)5-9-4-10(15)2-3-11(9)16/h2-4,12-13,19H,5-8H2,1H3,(H,20,21)/t12-,13-/m1/s1. The zero-order valence-electron chi connectivity index (χ0n) is 11.7. The molecule has 1 fully saturated rings. The van der Waals surface area contributed by atoms with Crippen LogP contribution in [0.4, 0.5) is 0 Å². The van der Waals surface area contributed by atoms with Gasteiger partial charge in [0.1, 0.15) is 0 Å². The predicted molar refractivity (Wildman–Crippen MR) is 81.8 cm³/mol. The number of aliphatic carboxylic acids is 1. The number of hydrogen-bond donors (Lipinski definition) is 2. The van der Waals surface area contributed by atoms with Crippen molar-refractivity contribution in [3.05, 3.63) is 33.8 Å². The number of carboxylic acids is 1. The van der Waals surface area contributed by atoms with Crippen LogP contribution in [0, 0.1) is 0 Å². The molecule has 0 saturated carbocycles. The van der Waals surface area contributed by atoms with Crippen LogP contribution in [-0.2, 0) is 11.3 Å². The molecule has 0 amide bonds. The quantitative estimate of drug-likeness (QED) is 0.856. The number of β-amino-alcohol motifs (C(OH)–C–C–N with tert-alkyl or cyclic N) is 1. The molecule has 2 N–H and O–H groups in total. The number of hydrogen-bond acceptors (Lipinski definition) is 4. The Balaban J connectivity index is 2.00. The van der Waals surface area contributed by atoms with Gasteiger partial charge in [-0.1, -0.05) is 23.2 Å². The largest absolute Gasteiger partial charge is 0.480 e. The van der Waals surface area contributed by atoms with Crippen LogP contribution >= 0.6 is 23.2 Å². The maximum atomic E-state index is 10.8. The van der Waals surface area contributed by atoms with Gasteiger partial charge in [-0.3, -0.25) is 14.6 Å². The van der Waals surface area contributed by atoms with Crippen molar-refractivity contribution < 1.29 is 15.0 Å². The lowest BCUT2D eigenvalue weighted by atomic mass is 10.2. The summed E-state index contributed by atoms with van der Waals surface area (Å²) in [6, 6.07) is 5.10. The fourth-order valence-electron chi connectivity index (χ4n) is 2.65. The van der Waals surface area contributed by atoms with E-state index in [-0.39, 0.29) is 12.6 Å². The molecule has 0 aromatic heterocycles. The fourth-order valence-corrected chi connectivity index (χ4v) is 3.02. The molecule has 0 spiro atoms. The zero-order valence-corrected chi connectivity index (χ0v) is 13.2. The third-order valence-electron chi connectivity index (χ3n) is 3.69. The van der Waals surface area contributed by atoms with Crippen LogP contribution in [0.1, 0.15) is 5.56 Å². The highest BCUT2D eigenvalue weighted by atomic mass is 35.5.